The van der Waals surface area contributed by atoms with E-state index in [4.69, 9.17) is 5.73 Å². The van der Waals surface area contributed by atoms with Gasteiger partial charge in [-0.3, -0.25) is 9.59 Å². The molecule has 0 radical (unpaired) electrons. The van der Waals surface area contributed by atoms with Crippen molar-refractivity contribution in [1.29, 1.82) is 0 Å². The number of nitrogens with two attached hydrogens (primary N) is 1. The second kappa shape index (κ2) is 6.61. The van der Waals surface area contributed by atoms with Crippen molar-refractivity contribution in [1.82, 2.24) is 10.2 Å². The zero-order valence-electron chi connectivity index (χ0n) is 12.2. The number of carbonyl (C=O) groups is 2. The van der Waals surface area contributed by atoms with Crippen LogP contribution in [0.15, 0.2) is 0 Å². The van der Waals surface area contributed by atoms with Crippen LogP contribution < -0.4 is 11.1 Å². The van der Waals surface area contributed by atoms with Crippen LogP contribution in [0.25, 0.3) is 0 Å². The molecule has 0 saturated carbocycles. The van der Waals surface area contributed by atoms with Gasteiger partial charge in [0.1, 0.15) is 6.04 Å². The first-order valence-electron chi connectivity index (χ1n) is 6.64. The second-order valence-corrected chi connectivity index (χ2v) is 7.13. The van der Waals surface area contributed by atoms with Gasteiger partial charge in [0, 0.05) is 17.7 Å². The summed E-state index contributed by atoms with van der Waals surface area (Å²) in [5.41, 5.74) is 5.07. The lowest BCUT2D eigenvalue weighted by atomic mass is 9.94. The fraction of sp³-hybridized carbons (Fsp3) is 0.846. The third-order valence-electron chi connectivity index (χ3n) is 3.11. The van der Waals surface area contributed by atoms with Gasteiger partial charge in [0.25, 0.3) is 0 Å². The lowest BCUT2D eigenvalue weighted by molar-refractivity contribution is -0.144. The number of thioether (sulfide) groups is 1. The molecule has 5 nitrogen and oxygen atoms in total. The molecule has 2 unspecified atom stereocenters. The fourth-order valence-corrected chi connectivity index (χ4v) is 2.92. The van der Waals surface area contributed by atoms with Crippen LogP contribution in [0.1, 0.15) is 27.7 Å². The lowest BCUT2D eigenvalue weighted by Crippen LogP contribution is -2.51. The van der Waals surface area contributed by atoms with E-state index in [2.05, 4.69) is 5.32 Å². The number of hydrogen-bond donors (Lipinski definition) is 2. The van der Waals surface area contributed by atoms with Crippen molar-refractivity contribution in [3.05, 3.63) is 0 Å². The molecule has 1 aliphatic heterocycles. The van der Waals surface area contributed by atoms with E-state index < -0.39 is 5.41 Å². The fourth-order valence-electron chi connectivity index (χ4n) is 1.77. The number of hydrogen-bond acceptors (Lipinski definition) is 4. The van der Waals surface area contributed by atoms with Gasteiger partial charge in [0.05, 0.1) is 5.88 Å². The molecular formula is C13H25N3O2S. The Kier molecular flexibility index (Phi) is 5.67. The van der Waals surface area contributed by atoms with E-state index in [1.54, 1.807) is 16.7 Å². The summed E-state index contributed by atoms with van der Waals surface area (Å²) < 4.78 is 0. The summed E-state index contributed by atoms with van der Waals surface area (Å²) >= 11 is 1.62. The molecule has 0 aromatic rings. The Labute approximate surface area is 119 Å². The maximum atomic E-state index is 12.3. The molecule has 0 aliphatic carbocycles. The summed E-state index contributed by atoms with van der Waals surface area (Å²) in [6.07, 6.45) is 0. The molecule has 1 aliphatic rings. The third kappa shape index (κ3) is 4.38. The molecule has 110 valence electrons. The average molecular weight is 287 g/mol. The Morgan fingerprint density at radius 3 is 2.63 bits per heavy atom. The summed E-state index contributed by atoms with van der Waals surface area (Å²) in [6.45, 7) is 8.73. The Morgan fingerprint density at radius 2 is 2.11 bits per heavy atom. The normalized spacial score (nSPS) is 21.3. The summed E-state index contributed by atoms with van der Waals surface area (Å²) in [5, 5.41) is 2.89. The van der Waals surface area contributed by atoms with Gasteiger partial charge in [-0.05, 0) is 12.5 Å². The third-order valence-corrected chi connectivity index (χ3v) is 4.13. The van der Waals surface area contributed by atoms with E-state index in [0.29, 0.717) is 24.7 Å². The Morgan fingerprint density at radius 1 is 1.47 bits per heavy atom. The molecule has 3 N–H and O–H groups in total. The van der Waals surface area contributed by atoms with Gasteiger partial charge in [-0.1, -0.05) is 27.7 Å². The minimum atomic E-state index is -0.450. The summed E-state index contributed by atoms with van der Waals surface area (Å²) in [5.74, 6) is 1.49. The van der Waals surface area contributed by atoms with Crippen molar-refractivity contribution in [2.45, 2.75) is 33.7 Å². The van der Waals surface area contributed by atoms with Crippen molar-refractivity contribution in [2.24, 2.45) is 17.1 Å². The molecule has 1 saturated heterocycles. The van der Waals surface area contributed by atoms with E-state index in [9.17, 15) is 9.59 Å². The molecule has 1 fully saturated rings. The van der Waals surface area contributed by atoms with Crippen molar-refractivity contribution >= 4 is 23.6 Å². The number of nitrogens with one attached hydrogen (secondary N) is 1. The lowest BCUT2D eigenvalue weighted by Gasteiger charge is -2.29. The first kappa shape index (κ1) is 16.3. The first-order valence-corrected chi connectivity index (χ1v) is 7.79. The molecule has 6 heteroatoms. The van der Waals surface area contributed by atoms with Crippen molar-refractivity contribution in [2.75, 3.05) is 24.7 Å². The van der Waals surface area contributed by atoms with Crippen molar-refractivity contribution < 1.29 is 9.59 Å². The van der Waals surface area contributed by atoms with Gasteiger partial charge >= 0.3 is 0 Å². The molecule has 1 heterocycles. The zero-order valence-corrected chi connectivity index (χ0v) is 13.0. The van der Waals surface area contributed by atoms with Crippen LogP contribution in [-0.2, 0) is 9.59 Å². The maximum absolute atomic E-state index is 12.3. The highest BCUT2D eigenvalue weighted by Gasteiger charge is 2.38. The standard InChI is InChI=1S/C13H25N3O2S/c1-9(5-14)6-15-11(17)10-7-19-8-16(10)12(18)13(2,3)4/h9-10H,5-8,14H2,1-4H3,(H,15,17). The van der Waals surface area contributed by atoms with E-state index in [1.807, 2.05) is 27.7 Å². The Bertz CT molecular complexity index is 341. The highest BCUT2D eigenvalue weighted by Crippen LogP contribution is 2.27. The van der Waals surface area contributed by atoms with Crippen molar-refractivity contribution in [3.63, 3.8) is 0 Å². The van der Waals surface area contributed by atoms with Crippen LogP contribution in [0.3, 0.4) is 0 Å². The van der Waals surface area contributed by atoms with Crippen LogP contribution in [0.5, 0.6) is 0 Å². The molecule has 2 atom stereocenters. The van der Waals surface area contributed by atoms with Gasteiger partial charge in [-0.25, -0.2) is 0 Å². The molecule has 0 bridgehead atoms. The molecule has 19 heavy (non-hydrogen) atoms. The van der Waals surface area contributed by atoms with Gasteiger partial charge in [0.15, 0.2) is 0 Å². The Balaban J connectivity index is 2.61. The number of amides is 2. The van der Waals surface area contributed by atoms with Crippen LogP contribution in [0.4, 0.5) is 0 Å². The predicted molar refractivity (Wildman–Crippen MR) is 78.6 cm³/mol. The minimum absolute atomic E-state index is 0.0320. The molecule has 2 amide bonds. The van der Waals surface area contributed by atoms with Crippen LogP contribution >= 0.6 is 11.8 Å². The van der Waals surface area contributed by atoms with E-state index >= 15 is 0 Å². The number of carbonyl (C=O) groups excluding carboxylic acids is 2. The quantitative estimate of drug-likeness (QED) is 0.796. The molecule has 0 spiro atoms. The van der Waals surface area contributed by atoms with E-state index in [-0.39, 0.29) is 23.8 Å². The van der Waals surface area contributed by atoms with Crippen LogP contribution in [0.2, 0.25) is 0 Å². The predicted octanol–water partition coefficient (Wildman–Crippen LogP) is 0.645. The highest BCUT2D eigenvalue weighted by atomic mass is 32.2. The van der Waals surface area contributed by atoms with E-state index in [0.717, 1.165) is 0 Å². The molecule has 1 rings (SSSR count). The summed E-state index contributed by atoms with van der Waals surface area (Å²) in [6, 6.07) is -0.346. The van der Waals surface area contributed by atoms with Gasteiger partial charge < -0.3 is 16.0 Å². The molecular weight excluding hydrogens is 262 g/mol. The minimum Gasteiger partial charge on any atom is -0.354 e. The summed E-state index contributed by atoms with van der Waals surface area (Å²) in [4.78, 5) is 26.1. The monoisotopic (exact) mass is 287 g/mol. The maximum Gasteiger partial charge on any atom is 0.243 e. The Hall–Kier alpha value is -0.750. The van der Waals surface area contributed by atoms with E-state index in [1.165, 1.54) is 0 Å². The topological polar surface area (TPSA) is 75.4 Å². The van der Waals surface area contributed by atoms with Crippen LogP contribution in [0, 0.1) is 11.3 Å². The first-order chi connectivity index (χ1) is 8.77. The molecule has 0 aromatic carbocycles. The van der Waals surface area contributed by atoms with Crippen LogP contribution in [-0.4, -0.2) is 47.5 Å². The van der Waals surface area contributed by atoms with Crippen molar-refractivity contribution in [3.8, 4) is 0 Å². The highest BCUT2D eigenvalue weighted by molar-refractivity contribution is 7.99. The molecule has 0 aromatic heterocycles. The smallest absolute Gasteiger partial charge is 0.243 e. The average Bonchev–Trinajstić information content (AvgIpc) is 2.82. The zero-order chi connectivity index (χ0) is 14.6. The van der Waals surface area contributed by atoms with Gasteiger partial charge in [0.2, 0.25) is 11.8 Å². The largest absolute Gasteiger partial charge is 0.354 e. The second-order valence-electron chi connectivity index (χ2n) is 6.13. The SMILES string of the molecule is CC(CN)CNC(=O)C1CSCN1C(=O)C(C)(C)C. The van der Waals surface area contributed by atoms with Gasteiger partial charge in [-0.15, -0.1) is 11.8 Å². The number of nitrogens with zero attached hydrogens (tertiary/aromatic N) is 1. The number of rotatable bonds is 4. The summed E-state index contributed by atoms with van der Waals surface area (Å²) in [7, 11) is 0. The van der Waals surface area contributed by atoms with Gasteiger partial charge in [-0.2, -0.15) is 0 Å².